The van der Waals surface area contributed by atoms with Gasteiger partial charge in [-0.05, 0) is 54.7 Å². The van der Waals surface area contributed by atoms with Gasteiger partial charge in [-0.25, -0.2) is 0 Å². The number of furan rings is 1. The number of benzene rings is 3. The van der Waals surface area contributed by atoms with Gasteiger partial charge >= 0.3 is 0 Å². The second kappa shape index (κ2) is 8.00. The first-order valence-electron chi connectivity index (χ1n) is 10.5. The lowest BCUT2D eigenvalue weighted by atomic mass is 10.1. The van der Waals surface area contributed by atoms with Gasteiger partial charge in [0.2, 0.25) is 0 Å². The highest BCUT2D eigenvalue weighted by Gasteiger charge is 2.10. The van der Waals surface area contributed by atoms with Crippen molar-refractivity contribution in [2.24, 2.45) is 0 Å². The van der Waals surface area contributed by atoms with Crippen LogP contribution in [0, 0.1) is 0 Å². The molecule has 29 heavy (non-hydrogen) atoms. The lowest BCUT2D eigenvalue weighted by Gasteiger charge is -2.28. The Balaban J connectivity index is 1.55. The van der Waals surface area contributed by atoms with E-state index in [4.69, 9.17) is 4.42 Å². The van der Waals surface area contributed by atoms with Crippen LogP contribution in [0.15, 0.2) is 83.3 Å². The van der Waals surface area contributed by atoms with Crippen LogP contribution >= 0.6 is 0 Å². The third-order valence-electron chi connectivity index (χ3n) is 5.69. The van der Waals surface area contributed by atoms with Crippen LogP contribution in [0.5, 0.6) is 0 Å². The molecule has 1 saturated heterocycles. The van der Waals surface area contributed by atoms with E-state index in [-0.39, 0.29) is 0 Å². The number of anilines is 1. The minimum Gasteiger partial charge on any atom is -0.456 e. The maximum atomic E-state index is 6.30. The second-order valence-electron chi connectivity index (χ2n) is 7.71. The predicted molar refractivity (Wildman–Crippen MR) is 122 cm³/mol. The highest BCUT2D eigenvalue weighted by Crippen LogP contribution is 2.20. The van der Waals surface area contributed by atoms with Gasteiger partial charge in [0.15, 0.2) is 0 Å². The number of hydrogen-bond acceptors (Lipinski definition) is 2. The summed E-state index contributed by atoms with van der Waals surface area (Å²) in [7, 11) is 0. The van der Waals surface area contributed by atoms with E-state index < -0.39 is 0 Å². The van der Waals surface area contributed by atoms with Gasteiger partial charge in [0.05, 0.1) is 0 Å². The van der Waals surface area contributed by atoms with Gasteiger partial charge in [0, 0.05) is 29.5 Å². The number of hydrogen-bond donors (Lipinski definition) is 0. The zero-order valence-electron chi connectivity index (χ0n) is 16.6. The van der Waals surface area contributed by atoms with Crippen molar-refractivity contribution < 1.29 is 4.42 Å². The normalized spacial score (nSPS) is 15.9. The molecule has 0 aliphatic carbocycles. The molecule has 2 nitrogen and oxygen atoms in total. The molecular weight excluding hydrogens is 354 g/mol. The van der Waals surface area contributed by atoms with Crippen molar-refractivity contribution in [3.05, 3.63) is 101 Å². The molecule has 0 spiro atoms. The van der Waals surface area contributed by atoms with Crippen LogP contribution in [0.1, 0.15) is 30.4 Å². The van der Waals surface area contributed by atoms with Crippen LogP contribution in [-0.2, 0) is 0 Å². The molecule has 5 rings (SSSR count). The Morgan fingerprint density at radius 1 is 0.586 bits per heavy atom. The first-order chi connectivity index (χ1) is 14.4. The molecule has 2 heteroatoms. The maximum absolute atomic E-state index is 6.30. The van der Waals surface area contributed by atoms with Crippen LogP contribution in [0.2, 0.25) is 0 Å². The molecule has 1 aliphatic rings. The molecule has 3 aromatic carbocycles. The molecule has 0 bridgehead atoms. The standard InChI is InChI=1S/C27H25NO/c1-3-9-21(10-4-1)19-26-24-11-5-6-12-25(24)27(29-26)20-22-13-15-23(16-14-22)28-17-7-2-8-18-28/h1,3-6,9-16,19-20H,2,7-8,17-18H2/b26-19+,27-20+. The number of piperidine rings is 1. The fourth-order valence-corrected chi connectivity index (χ4v) is 4.14. The average Bonchev–Trinajstić information content (AvgIpc) is 3.13. The molecule has 144 valence electrons. The molecule has 1 aromatic heterocycles. The van der Waals surface area contributed by atoms with E-state index in [0.29, 0.717) is 0 Å². The van der Waals surface area contributed by atoms with E-state index in [0.717, 1.165) is 32.7 Å². The highest BCUT2D eigenvalue weighted by molar-refractivity contribution is 5.84. The quantitative estimate of drug-likeness (QED) is 0.493. The Hall–Kier alpha value is -3.26. The molecule has 2 heterocycles. The Morgan fingerprint density at radius 3 is 1.76 bits per heavy atom. The van der Waals surface area contributed by atoms with Gasteiger partial charge in [0.25, 0.3) is 0 Å². The fourth-order valence-electron chi connectivity index (χ4n) is 4.14. The smallest absolute Gasteiger partial charge is 0.136 e. The van der Waals surface area contributed by atoms with Gasteiger partial charge in [-0.2, -0.15) is 0 Å². The predicted octanol–water partition coefficient (Wildman–Crippen LogP) is 5.08. The number of rotatable bonds is 3. The summed E-state index contributed by atoms with van der Waals surface area (Å²) in [5.41, 5.74) is 5.45. The zero-order valence-corrected chi connectivity index (χ0v) is 16.6. The van der Waals surface area contributed by atoms with Gasteiger partial charge in [-0.1, -0.05) is 66.7 Å². The van der Waals surface area contributed by atoms with Crippen molar-refractivity contribution >= 4 is 28.6 Å². The van der Waals surface area contributed by atoms with Crippen molar-refractivity contribution in [1.82, 2.24) is 0 Å². The van der Waals surface area contributed by atoms with Crippen LogP contribution < -0.4 is 15.7 Å². The minimum atomic E-state index is 0.906. The van der Waals surface area contributed by atoms with E-state index in [1.54, 1.807) is 0 Å². The third-order valence-corrected chi connectivity index (χ3v) is 5.69. The molecule has 0 N–H and O–H groups in total. The highest BCUT2D eigenvalue weighted by atomic mass is 16.3. The molecule has 4 aromatic rings. The molecule has 0 unspecified atom stereocenters. The molecule has 0 saturated carbocycles. The summed E-state index contributed by atoms with van der Waals surface area (Å²) >= 11 is 0. The average molecular weight is 380 g/mol. The summed E-state index contributed by atoms with van der Waals surface area (Å²) in [5, 5.41) is 2.29. The lowest BCUT2D eigenvalue weighted by molar-refractivity contribution is 0.508. The molecule has 1 fully saturated rings. The molecular formula is C27H25NO. The zero-order chi connectivity index (χ0) is 19.5. The van der Waals surface area contributed by atoms with Crippen LogP contribution in [0.4, 0.5) is 5.69 Å². The second-order valence-corrected chi connectivity index (χ2v) is 7.71. The SMILES string of the molecule is C(/c1ccccc1)=c1\o/c(=C/c2ccc(N3CCCCC3)cc2)c2ccccc12. The Kier molecular flexibility index (Phi) is 4.92. The van der Waals surface area contributed by atoms with E-state index in [1.165, 1.54) is 38.0 Å². The van der Waals surface area contributed by atoms with Crippen molar-refractivity contribution in [2.45, 2.75) is 19.3 Å². The lowest BCUT2D eigenvalue weighted by Crippen LogP contribution is -2.29. The Bertz CT molecular complexity index is 1210. The van der Waals surface area contributed by atoms with Crippen molar-refractivity contribution in [1.29, 1.82) is 0 Å². The minimum absolute atomic E-state index is 0.906. The molecule has 1 aliphatic heterocycles. The van der Waals surface area contributed by atoms with Gasteiger partial charge in [-0.15, -0.1) is 0 Å². The monoisotopic (exact) mass is 379 g/mol. The summed E-state index contributed by atoms with van der Waals surface area (Å²) in [6.45, 7) is 2.34. The van der Waals surface area contributed by atoms with Crippen LogP contribution in [0.3, 0.4) is 0 Å². The van der Waals surface area contributed by atoms with Crippen LogP contribution in [-0.4, -0.2) is 13.1 Å². The van der Waals surface area contributed by atoms with Gasteiger partial charge < -0.3 is 9.32 Å². The van der Waals surface area contributed by atoms with Crippen molar-refractivity contribution in [3.63, 3.8) is 0 Å². The summed E-state index contributed by atoms with van der Waals surface area (Å²) in [6.07, 6.45) is 8.21. The Labute approximate surface area is 171 Å². The van der Waals surface area contributed by atoms with E-state index >= 15 is 0 Å². The van der Waals surface area contributed by atoms with Crippen LogP contribution in [0.25, 0.3) is 22.9 Å². The van der Waals surface area contributed by atoms with Crippen molar-refractivity contribution in [3.8, 4) is 0 Å². The summed E-state index contributed by atoms with van der Waals surface area (Å²) in [5.74, 6) is 0. The number of fused-ring (bicyclic) bond motifs is 1. The summed E-state index contributed by atoms with van der Waals surface area (Å²) < 4.78 is 6.30. The maximum Gasteiger partial charge on any atom is 0.136 e. The molecule has 0 radical (unpaired) electrons. The van der Waals surface area contributed by atoms with E-state index in [1.807, 2.05) is 18.2 Å². The van der Waals surface area contributed by atoms with Crippen molar-refractivity contribution in [2.75, 3.05) is 18.0 Å². The Morgan fingerprint density at radius 2 is 1.14 bits per heavy atom. The topological polar surface area (TPSA) is 16.4 Å². The fraction of sp³-hybridized carbons (Fsp3) is 0.185. The van der Waals surface area contributed by atoms with E-state index in [2.05, 4.69) is 77.7 Å². The molecule has 0 atom stereocenters. The first-order valence-corrected chi connectivity index (χ1v) is 10.5. The summed E-state index contributed by atoms with van der Waals surface area (Å²) in [6, 6.07) is 27.6. The third kappa shape index (κ3) is 3.84. The van der Waals surface area contributed by atoms with Gasteiger partial charge in [0.1, 0.15) is 10.8 Å². The largest absolute Gasteiger partial charge is 0.456 e. The first kappa shape index (κ1) is 17.8. The number of nitrogens with zero attached hydrogens (tertiary/aromatic N) is 1. The van der Waals surface area contributed by atoms with E-state index in [9.17, 15) is 0 Å². The van der Waals surface area contributed by atoms with Gasteiger partial charge in [-0.3, -0.25) is 0 Å². The summed E-state index contributed by atoms with van der Waals surface area (Å²) in [4.78, 5) is 2.49. The molecule has 0 amide bonds.